The number of carbonyl (C=O) groups is 3. The maximum absolute atomic E-state index is 14.3. The number of pyridine rings is 1. The van der Waals surface area contributed by atoms with E-state index in [9.17, 15) is 14.4 Å². The molecule has 0 radical (unpaired) electrons. The van der Waals surface area contributed by atoms with E-state index in [0.717, 1.165) is 83.7 Å². The molecule has 16 heteroatoms. The number of aromatic nitrogens is 2. The van der Waals surface area contributed by atoms with E-state index in [0.29, 0.717) is 56.5 Å². The minimum absolute atomic E-state index is 0.0552. The van der Waals surface area contributed by atoms with Crippen LogP contribution in [0.3, 0.4) is 0 Å². The number of ether oxygens (including phenoxy) is 4. The number of nitrogens with one attached hydrogen (secondary N) is 2. The van der Waals surface area contributed by atoms with Crippen LogP contribution in [0.4, 0.5) is 5.69 Å². The molecule has 2 saturated heterocycles. The van der Waals surface area contributed by atoms with Gasteiger partial charge in [-0.1, -0.05) is 33.8 Å². The molecule has 0 bridgehead atoms. The van der Waals surface area contributed by atoms with Crippen molar-refractivity contribution in [3.8, 4) is 11.3 Å². The SMILES string of the molecule is CCO[C@H](C1=NC(c2ccc3c(c2)c(CC(C)(C)COC=O)c(-c2cc(N4CCN(C)CC4)cnc2[C@H](C)OC)n3CCOC(C)C)CS1)[C@H](NC(=O)[C@H]1[C@H](C)[C@@H]1C)C(=O)N1CCCCN1. The number of amides is 2. The van der Waals surface area contributed by atoms with Crippen molar-refractivity contribution in [3.05, 3.63) is 47.3 Å². The molecule has 2 N–H and O–H groups in total. The van der Waals surface area contributed by atoms with Crippen LogP contribution in [0.2, 0.25) is 0 Å². The Morgan fingerprint density at radius 1 is 1.05 bits per heavy atom. The Balaban J connectivity index is 1.35. The number of nitrogens with zero attached hydrogens (tertiary/aromatic N) is 6. The first kappa shape index (κ1) is 49.8. The standard InChI is InChI=1S/C50H74N8O7S/c1-11-64-46(44(49(61)58-17-13-12-16-52-58)54-47(60)42-32(4)33(42)5)48-53-40(28-66-48)35-14-15-41-37(24-35)39(26-50(7,8)29-63-30-59)45(57(41)22-23-65-31(2)3)38-25-36(27-51-43(38)34(6)62-10)56-20-18-55(9)19-21-56/h14-15,24-25,27,30-34,40,42,44,46,52H,11-13,16-23,26,28-29H2,1-10H3,(H,54,60)/t32-,33+,34-,40?,42+,44-,46-/m0/s1. The summed E-state index contributed by atoms with van der Waals surface area (Å²) in [4.78, 5) is 54.9. The molecule has 2 aromatic heterocycles. The van der Waals surface area contributed by atoms with E-state index in [2.05, 4.69) is 98.0 Å². The topological polar surface area (TPSA) is 152 Å². The highest BCUT2D eigenvalue weighted by atomic mass is 32.2. The molecular weight excluding hydrogens is 857 g/mol. The van der Waals surface area contributed by atoms with Crippen LogP contribution < -0.4 is 15.6 Å². The van der Waals surface area contributed by atoms with E-state index in [1.54, 1.807) is 23.9 Å². The summed E-state index contributed by atoms with van der Waals surface area (Å²) in [6, 6.07) is 7.76. The van der Waals surface area contributed by atoms with Crippen molar-refractivity contribution in [2.45, 2.75) is 112 Å². The molecule has 4 aliphatic rings. The number of anilines is 1. The number of likely N-dealkylation sites (N-methyl/N-ethyl adjacent to an activating group) is 1. The summed E-state index contributed by atoms with van der Waals surface area (Å²) in [6.45, 7) is 23.7. The third-order valence-electron chi connectivity index (χ3n) is 13.9. The zero-order valence-corrected chi connectivity index (χ0v) is 41.7. The lowest BCUT2D eigenvalue weighted by Gasteiger charge is -2.34. The molecular formula is C50H74N8O7S. The molecule has 0 spiro atoms. The van der Waals surface area contributed by atoms with Gasteiger partial charge in [-0.25, -0.2) is 5.43 Å². The lowest BCUT2D eigenvalue weighted by atomic mass is 9.84. The number of thioether (sulfide) groups is 1. The monoisotopic (exact) mass is 931 g/mol. The average Bonchev–Trinajstić information content (AvgIpc) is 3.57. The van der Waals surface area contributed by atoms with Crippen LogP contribution in [0.1, 0.15) is 97.2 Å². The van der Waals surface area contributed by atoms with E-state index in [-0.39, 0.29) is 54.4 Å². The molecule has 66 heavy (non-hydrogen) atoms. The van der Waals surface area contributed by atoms with Crippen LogP contribution in [0, 0.1) is 23.2 Å². The summed E-state index contributed by atoms with van der Waals surface area (Å²) >= 11 is 1.59. The van der Waals surface area contributed by atoms with Crippen molar-refractivity contribution in [1.29, 1.82) is 0 Å². The lowest BCUT2D eigenvalue weighted by molar-refractivity contribution is -0.143. The minimum atomic E-state index is -0.929. The maximum Gasteiger partial charge on any atom is 0.293 e. The molecule has 1 unspecified atom stereocenters. The zero-order chi connectivity index (χ0) is 47.3. The van der Waals surface area contributed by atoms with Crippen molar-refractivity contribution >= 4 is 51.7 Å². The number of methoxy groups -OCH3 is 1. The van der Waals surface area contributed by atoms with Crippen LogP contribution in [0.15, 0.2) is 35.5 Å². The Hall–Kier alpha value is -4.06. The molecule has 7 atom stereocenters. The smallest absolute Gasteiger partial charge is 0.293 e. The van der Waals surface area contributed by atoms with Crippen LogP contribution in [-0.2, 0) is 46.3 Å². The summed E-state index contributed by atoms with van der Waals surface area (Å²) in [5, 5.41) is 6.59. The van der Waals surface area contributed by atoms with Crippen LogP contribution >= 0.6 is 11.8 Å². The van der Waals surface area contributed by atoms with Gasteiger partial charge in [0, 0.05) is 93.1 Å². The highest BCUT2D eigenvalue weighted by Gasteiger charge is 2.50. The molecule has 1 aromatic carbocycles. The average molecular weight is 931 g/mol. The highest BCUT2D eigenvalue weighted by molar-refractivity contribution is 8.14. The molecule has 3 fully saturated rings. The number of hydrazine groups is 1. The molecule has 362 valence electrons. The second kappa shape index (κ2) is 21.9. The van der Waals surface area contributed by atoms with Crippen molar-refractivity contribution in [2.24, 2.45) is 28.2 Å². The normalized spacial score (nSPS) is 22.9. The summed E-state index contributed by atoms with van der Waals surface area (Å²) < 4.78 is 26.5. The Bertz CT molecular complexity index is 2190. The molecule has 15 nitrogen and oxygen atoms in total. The molecule has 3 aliphatic heterocycles. The fourth-order valence-electron chi connectivity index (χ4n) is 9.77. The van der Waals surface area contributed by atoms with Crippen molar-refractivity contribution in [2.75, 3.05) is 83.9 Å². The largest absolute Gasteiger partial charge is 0.467 e. The van der Waals surface area contributed by atoms with Gasteiger partial charge in [0.05, 0.1) is 54.7 Å². The fourth-order valence-corrected chi connectivity index (χ4v) is 10.9. The highest BCUT2D eigenvalue weighted by Crippen LogP contribution is 2.46. The quantitative estimate of drug-likeness (QED) is 0.113. The minimum Gasteiger partial charge on any atom is -0.467 e. The Kier molecular flexibility index (Phi) is 16.6. The third kappa shape index (κ3) is 11.3. The number of fused-ring (bicyclic) bond motifs is 1. The maximum atomic E-state index is 14.3. The second-order valence-corrected chi connectivity index (χ2v) is 20.8. The van der Waals surface area contributed by atoms with E-state index in [1.807, 2.05) is 20.0 Å². The van der Waals surface area contributed by atoms with Gasteiger partial charge in [-0.05, 0) is 95.2 Å². The Labute approximate surface area is 396 Å². The van der Waals surface area contributed by atoms with Crippen LogP contribution in [0.5, 0.6) is 0 Å². The third-order valence-corrected chi connectivity index (χ3v) is 15.1. The number of hydrogen-bond acceptors (Lipinski definition) is 13. The molecule has 1 saturated carbocycles. The van der Waals surface area contributed by atoms with Gasteiger partial charge in [0.25, 0.3) is 12.4 Å². The van der Waals surface area contributed by atoms with Gasteiger partial charge >= 0.3 is 0 Å². The number of carbonyl (C=O) groups excluding carboxylic acids is 3. The summed E-state index contributed by atoms with van der Waals surface area (Å²) in [5.74, 6) is 0.719. The van der Waals surface area contributed by atoms with Crippen LogP contribution in [-0.4, -0.2) is 140 Å². The number of benzene rings is 1. The number of hydrogen-bond donors (Lipinski definition) is 2. The van der Waals surface area contributed by atoms with Gasteiger partial charge in [-0.3, -0.25) is 29.4 Å². The van der Waals surface area contributed by atoms with Crippen molar-refractivity contribution in [3.63, 3.8) is 0 Å². The van der Waals surface area contributed by atoms with Gasteiger partial charge in [0.1, 0.15) is 17.2 Å². The molecule has 2 amide bonds. The van der Waals surface area contributed by atoms with Gasteiger partial charge in [-0.15, -0.1) is 11.8 Å². The number of rotatable bonds is 21. The number of piperazine rings is 1. The predicted molar refractivity (Wildman–Crippen MR) is 262 cm³/mol. The lowest BCUT2D eigenvalue weighted by Crippen LogP contribution is -2.61. The summed E-state index contributed by atoms with van der Waals surface area (Å²) in [5.41, 5.74) is 9.98. The molecule has 3 aromatic rings. The zero-order valence-electron chi connectivity index (χ0n) is 40.9. The second-order valence-electron chi connectivity index (χ2n) is 19.7. The molecule has 5 heterocycles. The first-order valence-corrected chi connectivity index (χ1v) is 25.1. The first-order chi connectivity index (χ1) is 31.7. The van der Waals surface area contributed by atoms with E-state index in [1.165, 1.54) is 0 Å². The van der Waals surface area contributed by atoms with Gasteiger partial charge < -0.3 is 38.6 Å². The summed E-state index contributed by atoms with van der Waals surface area (Å²) in [6.07, 6.45) is 3.46. The van der Waals surface area contributed by atoms with Crippen molar-refractivity contribution < 1.29 is 33.3 Å². The first-order valence-electron chi connectivity index (χ1n) is 24.1. The van der Waals surface area contributed by atoms with Gasteiger partial charge in [0.15, 0.2) is 0 Å². The van der Waals surface area contributed by atoms with E-state index >= 15 is 0 Å². The molecule has 1 aliphatic carbocycles. The van der Waals surface area contributed by atoms with Gasteiger partial charge in [-0.2, -0.15) is 0 Å². The molecule has 7 rings (SSSR count). The fraction of sp³-hybridized carbons (Fsp3) is 0.660. The Morgan fingerprint density at radius 2 is 1.80 bits per heavy atom. The van der Waals surface area contributed by atoms with Crippen molar-refractivity contribution in [1.82, 2.24) is 30.2 Å². The van der Waals surface area contributed by atoms with Gasteiger partial charge in [0.2, 0.25) is 5.91 Å². The van der Waals surface area contributed by atoms with Crippen LogP contribution in [0.25, 0.3) is 22.2 Å². The predicted octanol–water partition coefficient (Wildman–Crippen LogP) is 6.43. The van der Waals surface area contributed by atoms with E-state index in [4.69, 9.17) is 28.9 Å². The Morgan fingerprint density at radius 3 is 2.45 bits per heavy atom. The number of aliphatic imine (C=N–C) groups is 1. The van der Waals surface area contributed by atoms with E-state index < -0.39 is 17.6 Å². The summed E-state index contributed by atoms with van der Waals surface area (Å²) in [7, 11) is 3.88.